The molecule has 2 fully saturated rings. The highest BCUT2D eigenvalue weighted by atomic mass is 14.6. The van der Waals surface area contributed by atoms with Gasteiger partial charge in [0.1, 0.15) is 0 Å². The fraction of sp³-hybridized carbons (Fsp3) is 0.714. The van der Waals surface area contributed by atoms with E-state index < -0.39 is 0 Å². The summed E-state index contributed by atoms with van der Waals surface area (Å²) in [5.41, 5.74) is 2.64. The van der Waals surface area contributed by atoms with Crippen LogP contribution in [0, 0.1) is 34.5 Å². The van der Waals surface area contributed by atoms with Crippen molar-refractivity contribution in [2.24, 2.45) is 34.5 Å². The highest BCUT2D eigenvalue weighted by molar-refractivity contribution is 5.39. The van der Waals surface area contributed by atoms with Crippen LogP contribution in [0.4, 0.5) is 0 Å². The molecule has 4 aliphatic carbocycles. The highest BCUT2D eigenvalue weighted by Crippen LogP contribution is 2.65. The molecule has 0 heterocycles. The molecule has 0 aromatic carbocycles. The van der Waals surface area contributed by atoms with Crippen LogP contribution < -0.4 is 0 Å². The summed E-state index contributed by atoms with van der Waals surface area (Å²) in [5.74, 6) is 3.65. The maximum atomic E-state index is 2.62. The monoisotopic (exact) mass is 282 g/mol. The van der Waals surface area contributed by atoms with Gasteiger partial charge in [0.25, 0.3) is 0 Å². The minimum absolute atomic E-state index is 0.416. The van der Waals surface area contributed by atoms with Crippen molar-refractivity contribution in [2.45, 2.75) is 59.3 Å². The summed E-state index contributed by atoms with van der Waals surface area (Å²) in [7, 11) is 0. The molecule has 0 aromatic rings. The van der Waals surface area contributed by atoms with Gasteiger partial charge in [-0.3, -0.25) is 0 Å². The van der Waals surface area contributed by atoms with E-state index in [9.17, 15) is 0 Å². The molecule has 0 spiro atoms. The van der Waals surface area contributed by atoms with Gasteiger partial charge in [0.05, 0.1) is 0 Å². The molecule has 0 aromatic heterocycles. The standard InChI is InChI=1S/C21H30/c1-4-15-9-11-18-17-10-8-16-7-5-6-13-20(16,2)19(17)12-14-21(15,18)3/h5-8,10,15,17-19H,4,9,11-14H2,1-3H3/t15-,17-,18-,19-,20-,21+/m0/s1. The Morgan fingerprint density at radius 2 is 2.00 bits per heavy atom. The predicted molar refractivity (Wildman–Crippen MR) is 89.9 cm³/mol. The zero-order valence-corrected chi connectivity index (χ0v) is 13.9. The first-order valence-corrected chi connectivity index (χ1v) is 9.15. The van der Waals surface area contributed by atoms with E-state index in [4.69, 9.17) is 0 Å². The second-order valence-electron chi connectivity index (χ2n) is 8.55. The lowest BCUT2D eigenvalue weighted by molar-refractivity contribution is -0.0106. The Balaban J connectivity index is 1.72. The van der Waals surface area contributed by atoms with E-state index in [1.807, 2.05) is 0 Å². The Labute approximate surface area is 130 Å². The number of rotatable bonds is 1. The zero-order chi connectivity index (χ0) is 14.7. The molecule has 0 bridgehead atoms. The van der Waals surface area contributed by atoms with Crippen LogP contribution in [0.25, 0.3) is 0 Å². The summed E-state index contributed by atoms with van der Waals surface area (Å²) >= 11 is 0. The molecular weight excluding hydrogens is 252 g/mol. The Bertz CT molecular complexity index is 522. The normalized spacial score (nSPS) is 51.1. The third-order valence-electron chi connectivity index (χ3n) is 7.95. The molecule has 114 valence electrons. The summed E-state index contributed by atoms with van der Waals surface area (Å²) in [6.45, 7) is 7.57. The van der Waals surface area contributed by atoms with Gasteiger partial charge in [0.15, 0.2) is 0 Å². The van der Waals surface area contributed by atoms with Crippen molar-refractivity contribution in [2.75, 3.05) is 0 Å². The molecule has 6 atom stereocenters. The molecule has 0 unspecified atom stereocenters. The van der Waals surface area contributed by atoms with Crippen LogP contribution in [0.3, 0.4) is 0 Å². The Morgan fingerprint density at radius 3 is 2.81 bits per heavy atom. The predicted octanol–water partition coefficient (Wildman–Crippen LogP) is 5.92. The van der Waals surface area contributed by atoms with Crippen molar-refractivity contribution in [1.82, 2.24) is 0 Å². The minimum atomic E-state index is 0.416. The first-order valence-electron chi connectivity index (χ1n) is 9.15. The first-order chi connectivity index (χ1) is 10.1. The van der Waals surface area contributed by atoms with Crippen molar-refractivity contribution in [3.63, 3.8) is 0 Å². The Kier molecular flexibility index (Phi) is 3.04. The van der Waals surface area contributed by atoms with Crippen molar-refractivity contribution in [1.29, 1.82) is 0 Å². The second kappa shape index (κ2) is 4.61. The topological polar surface area (TPSA) is 0 Å². The highest BCUT2D eigenvalue weighted by Gasteiger charge is 2.56. The van der Waals surface area contributed by atoms with E-state index in [0.717, 1.165) is 23.7 Å². The van der Waals surface area contributed by atoms with Gasteiger partial charge in [-0.2, -0.15) is 0 Å². The van der Waals surface area contributed by atoms with Gasteiger partial charge in [0.2, 0.25) is 0 Å². The van der Waals surface area contributed by atoms with Gasteiger partial charge in [-0.05, 0) is 72.2 Å². The summed E-state index contributed by atoms with van der Waals surface area (Å²) in [6.07, 6.45) is 20.6. The van der Waals surface area contributed by atoms with Crippen LogP contribution in [0.1, 0.15) is 59.3 Å². The van der Waals surface area contributed by atoms with Gasteiger partial charge in [-0.15, -0.1) is 0 Å². The molecule has 4 rings (SSSR count). The van der Waals surface area contributed by atoms with Crippen molar-refractivity contribution < 1.29 is 0 Å². The number of allylic oxidation sites excluding steroid dienone is 6. The second-order valence-corrected chi connectivity index (χ2v) is 8.55. The van der Waals surface area contributed by atoms with Gasteiger partial charge in [-0.25, -0.2) is 0 Å². The third kappa shape index (κ3) is 1.74. The molecule has 0 N–H and O–H groups in total. The minimum Gasteiger partial charge on any atom is -0.0836 e. The van der Waals surface area contributed by atoms with Crippen LogP contribution >= 0.6 is 0 Å². The summed E-state index contributed by atoms with van der Waals surface area (Å²) in [6, 6.07) is 0. The van der Waals surface area contributed by atoms with Gasteiger partial charge in [0, 0.05) is 0 Å². The third-order valence-corrected chi connectivity index (χ3v) is 7.95. The molecule has 0 heteroatoms. The largest absolute Gasteiger partial charge is 0.0836 e. The maximum Gasteiger partial charge on any atom is -0.000690 e. The van der Waals surface area contributed by atoms with Gasteiger partial charge >= 0.3 is 0 Å². The van der Waals surface area contributed by atoms with E-state index in [1.165, 1.54) is 38.5 Å². The fourth-order valence-corrected chi connectivity index (χ4v) is 6.60. The molecule has 2 saturated carbocycles. The smallest absolute Gasteiger partial charge is 0.000690 e. The zero-order valence-electron chi connectivity index (χ0n) is 13.9. The number of hydrogen-bond acceptors (Lipinski definition) is 0. The van der Waals surface area contributed by atoms with Crippen LogP contribution in [-0.4, -0.2) is 0 Å². The fourth-order valence-electron chi connectivity index (χ4n) is 6.60. The van der Waals surface area contributed by atoms with Crippen LogP contribution in [0.15, 0.2) is 36.0 Å². The molecule has 4 aliphatic rings. The average molecular weight is 282 g/mol. The van der Waals surface area contributed by atoms with E-state index >= 15 is 0 Å². The molecule has 0 radical (unpaired) electrons. The Hall–Kier alpha value is -0.780. The molecule has 0 saturated heterocycles. The van der Waals surface area contributed by atoms with Gasteiger partial charge < -0.3 is 0 Å². The number of hydrogen-bond donors (Lipinski definition) is 0. The van der Waals surface area contributed by atoms with Crippen LogP contribution in [-0.2, 0) is 0 Å². The van der Waals surface area contributed by atoms with Crippen molar-refractivity contribution in [3.8, 4) is 0 Å². The van der Waals surface area contributed by atoms with E-state index in [2.05, 4.69) is 51.2 Å². The van der Waals surface area contributed by atoms with Crippen molar-refractivity contribution in [3.05, 3.63) is 36.0 Å². The SMILES string of the molecule is CC[C@H]1CC[C@H]2[C@@H]3C=CC4=CC=CC[C@]4(C)[C@H]3CC[C@]12C. The molecule has 0 amide bonds. The number of fused-ring (bicyclic) bond motifs is 5. The quantitative estimate of drug-likeness (QED) is 0.560. The average Bonchev–Trinajstić information content (AvgIpc) is 2.83. The lowest BCUT2D eigenvalue weighted by atomic mass is 9.49. The molecular formula is C21H30. The maximum absolute atomic E-state index is 2.62. The molecule has 0 aliphatic heterocycles. The lowest BCUT2D eigenvalue weighted by Gasteiger charge is -2.55. The summed E-state index contributed by atoms with van der Waals surface area (Å²) < 4.78 is 0. The molecule has 0 nitrogen and oxygen atoms in total. The lowest BCUT2D eigenvalue weighted by Crippen LogP contribution is -2.48. The van der Waals surface area contributed by atoms with Crippen LogP contribution in [0.5, 0.6) is 0 Å². The van der Waals surface area contributed by atoms with E-state index in [0.29, 0.717) is 10.8 Å². The van der Waals surface area contributed by atoms with E-state index in [-0.39, 0.29) is 0 Å². The molecule has 21 heavy (non-hydrogen) atoms. The van der Waals surface area contributed by atoms with Gasteiger partial charge in [-0.1, -0.05) is 57.6 Å². The van der Waals surface area contributed by atoms with Crippen molar-refractivity contribution >= 4 is 0 Å². The van der Waals surface area contributed by atoms with Crippen LogP contribution in [0.2, 0.25) is 0 Å². The first kappa shape index (κ1) is 13.9. The summed E-state index contributed by atoms with van der Waals surface area (Å²) in [4.78, 5) is 0. The summed E-state index contributed by atoms with van der Waals surface area (Å²) in [5, 5.41) is 0. The van der Waals surface area contributed by atoms with E-state index in [1.54, 1.807) is 5.57 Å². The Morgan fingerprint density at radius 1 is 1.14 bits per heavy atom.